The number of hydrogen-bond donors (Lipinski definition) is 1. The first-order valence-electron chi connectivity index (χ1n) is 6.62. The van der Waals surface area contributed by atoms with E-state index < -0.39 is 0 Å². The maximum Gasteiger partial charge on any atom is 0.0648 e. The average Bonchev–Trinajstić information content (AvgIpc) is 2.99. The van der Waals surface area contributed by atoms with Gasteiger partial charge in [0.05, 0.1) is 11.4 Å². The van der Waals surface area contributed by atoms with Crippen LogP contribution < -0.4 is 5.32 Å². The van der Waals surface area contributed by atoms with Crippen LogP contribution in [0.5, 0.6) is 0 Å². The van der Waals surface area contributed by atoms with Crippen molar-refractivity contribution in [1.29, 1.82) is 0 Å². The van der Waals surface area contributed by atoms with E-state index in [-0.39, 0.29) is 0 Å². The summed E-state index contributed by atoms with van der Waals surface area (Å²) < 4.78 is 2.06. The summed E-state index contributed by atoms with van der Waals surface area (Å²) in [6.07, 6.45) is 2.49. The number of aryl methyl sites for hydroxylation is 1. The minimum Gasteiger partial charge on any atom is -0.310 e. The number of para-hydroxylation sites is 1. The monoisotopic (exact) mass is 241 g/mol. The summed E-state index contributed by atoms with van der Waals surface area (Å²) in [4.78, 5) is 0. The quantitative estimate of drug-likeness (QED) is 0.876. The molecule has 0 radical (unpaired) electrons. The van der Waals surface area contributed by atoms with Crippen LogP contribution in [0.4, 0.5) is 0 Å². The molecular formula is C15H19N3. The predicted molar refractivity (Wildman–Crippen MR) is 73.0 cm³/mol. The number of nitrogens with one attached hydrogen (secondary N) is 1. The summed E-state index contributed by atoms with van der Waals surface area (Å²) in [5, 5.41) is 8.27. The van der Waals surface area contributed by atoms with Crippen LogP contribution in [0.3, 0.4) is 0 Å². The lowest BCUT2D eigenvalue weighted by atomic mass is 10.0. The van der Waals surface area contributed by atoms with E-state index in [0.29, 0.717) is 6.04 Å². The van der Waals surface area contributed by atoms with Crippen molar-refractivity contribution in [2.24, 2.45) is 0 Å². The molecule has 1 unspecified atom stereocenters. The molecule has 1 aromatic heterocycles. The van der Waals surface area contributed by atoms with E-state index in [4.69, 9.17) is 5.10 Å². The highest BCUT2D eigenvalue weighted by atomic mass is 15.3. The van der Waals surface area contributed by atoms with Gasteiger partial charge in [0, 0.05) is 17.3 Å². The molecule has 3 heteroatoms. The molecule has 1 aliphatic rings. The standard InChI is InChI=1S/C15H19N3/c1-11-15(14-9-6-10-16-14)12(2)18(17-11)13-7-4-3-5-8-13/h3-5,7-8,14,16H,6,9-10H2,1-2H3. The summed E-state index contributed by atoms with van der Waals surface area (Å²) in [6.45, 7) is 5.41. The SMILES string of the molecule is Cc1nn(-c2ccccc2)c(C)c1C1CCCN1. The molecule has 1 aromatic carbocycles. The van der Waals surface area contributed by atoms with Gasteiger partial charge in [0.1, 0.15) is 0 Å². The van der Waals surface area contributed by atoms with Gasteiger partial charge >= 0.3 is 0 Å². The highest BCUT2D eigenvalue weighted by Crippen LogP contribution is 2.29. The number of rotatable bonds is 2. The summed E-state index contributed by atoms with van der Waals surface area (Å²) in [5.74, 6) is 0. The lowest BCUT2D eigenvalue weighted by molar-refractivity contribution is 0.639. The third-order valence-corrected chi connectivity index (χ3v) is 3.76. The number of nitrogens with zero attached hydrogens (tertiary/aromatic N) is 2. The topological polar surface area (TPSA) is 29.9 Å². The Hall–Kier alpha value is -1.61. The summed E-state index contributed by atoms with van der Waals surface area (Å²) in [7, 11) is 0. The van der Waals surface area contributed by atoms with Gasteiger partial charge in [0.2, 0.25) is 0 Å². The molecule has 0 bridgehead atoms. The molecule has 1 saturated heterocycles. The van der Waals surface area contributed by atoms with Gasteiger partial charge in [0.25, 0.3) is 0 Å². The molecule has 1 N–H and O–H groups in total. The fourth-order valence-corrected chi connectivity index (χ4v) is 2.91. The fourth-order valence-electron chi connectivity index (χ4n) is 2.91. The van der Waals surface area contributed by atoms with Crippen LogP contribution in [-0.2, 0) is 0 Å². The highest BCUT2D eigenvalue weighted by molar-refractivity contribution is 5.38. The van der Waals surface area contributed by atoms with Gasteiger partial charge in [0.15, 0.2) is 0 Å². The van der Waals surface area contributed by atoms with Crippen LogP contribution in [0.2, 0.25) is 0 Å². The van der Waals surface area contributed by atoms with Gasteiger partial charge in [-0.15, -0.1) is 0 Å². The van der Waals surface area contributed by atoms with E-state index in [1.807, 2.05) is 6.07 Å². The first-order chi connectivity index (χ1) is 8.77. The van der Waals surface area contributed by atoms with Crippen LogP contribution in [0.15, 0.2) is 30.3 Å². The third kappa shape index (κ3) is 1.85. The Morgan fingerprint density at radius 1 is 1.22 bits per heavy atom. The first kappa shape index (κ1) is 11.5. The number of aromatic nitrogens is 2. The lowest BCUT2D eigenvalue weighted by Gasteiger charge is -2.11. The van der Waals surface area contributed by atoms with E-state index in [1.54, 1.807) is 0 Å². The Morgan fingerprint density at radius 2 is 2.00 bits per heavy atom. The lowest BCUT2D eigenvalue weighted by Crippen LogP contribution is -2.14. The van der Waals surface area contributed by atoms with Crippen molar-refractivity contribution in [3.05, 3.63) is 47.3 Å². The van der Waals surface area contributed by atoms with Crippen LogP contribution >= 0.6 is 0 Å². The molecule has 3 nitrogen and oxygen atoms in total. The zero-order valence-electron chi connectivity index (χ0n) is 11.0. The smallest absolute Gasteiger partial charge is 0.0648 e. The molecular weight excluding hydrogens is 222 g/mol. The molecule has 2 heterocycles. The molecule has 0 amide bonds. The zero-order valence-corrected chi connectivity index (χ0v) is 11.0. The molecule has 0 saturated carbocycles. The fraction of sp³-hybridized carbons (Fsp3) is 0.400. The Bertz CT molecular complexity index is 536. The van der Waals surface area contributed by atoms with E-state index in [1.165, 1.54) is 24.1 Å². The van der Waals surface area contributed by atoms with Crippen molar-refractivity contribution < 1.29 is 0 Å². The molecule has 94 valence electrons. The van der Waals surface area contributed by atoms with Gasteiger partial charge in [-0.05, 0) is 45.4 Å². The molecule has 1 fully saturated rings. The molecule has 0 aliphatic carbocycles. The molecule has 2 aromatic rings. The van der Waals surface area contributed by atoms with Crippen molar-refractivity contribution in [1.82, 2.24) is 15.1 Å². The minimum absolute atomic E-state index is 0.488. The van der Waals surface area contributed by atoms with Crippen LogP contribution in [0.1, 0.15) is 35.8 Å². The van der Waals surface area contributed by atoms with Crippen molar-refractivity contribution in [2.75, 3.05) is 6.54 Å². The van der Waals surface area contributed by atoms with Gasteiger partial charge in [-0.25, -0.2) is 4.68 Å². The number of benzene rings is 1. The second-order valence-electron chi connectivity index (χ2n) is 4.98. The number of hydrogen-bond acceptors (Lipinski definition) is 2. The maximum atomic E-state index is 4.70. The van der Waals surface area contributed by atoms with Crippen molar-refractivity contribution in [2.45, 2.75) is 32.7 Å². The van der Waals surface area contributed by atoms with Crippen LogP contribution in [-0.4, -0.2) is 16.3 Å². The van der Waals surface area contributed by atoms with Crippen molar-refractivity contribution in [3.63, 3.8) is 0 Å². The van der Waals surface area contributed by atoms with Gasteiger partial charge in [-0.1, -0.05) is 18.2 Å². The predicted octanol–water partition coefficient (Wildman–Crippen LogP) is 2.91. The third-order valence-electron chi connectivity index (χ3n) is 3.76. The molecule has 3 rings (SSSR count). The highest BCUT2D eigenvalue weighted by Gasteiger charge is 2.23. The van der Waals surface area contributed by atoms with Crippen LogP contribution in [0.25, 0.3) is 5.69 Å². The molecule has 1 atom stereocenters. The largest absolute Gasteiger partial charge is 0.310 e. The minimum atomic E-state index is 0.488. The second kappa shape index (κ2) is 4.58. The van der Waals surface area contributed by atoms with E-state index in [2.05, 4.69) is 48.1 Å². The normalized spacial score (nSPS) is 19.3. The zero-order chi connectivity index (χ0) is 12.5. The Kier molecular flexibility index (Phi) is 2.92. The molecule has 18 heavy (non-hydrogen) atoms. The van der Waals surface area contributed by atoms with Crippen molar-refractivity contribution in [3.8, 4) is 5.69 Å². The van der Waals surface area contributed by atoms with E-state index in [9.17, 15) is 0 Å². The Morgan fingerprint density at radius 3 is 2.67 bits per heavy atom. The molecule has 0 spiro atoms. The maximum absolute atomic E-state index is 4.70. The van der Waals surface area contributed by atoms with Gasteiger partial charge < -0.3 is 5.32 Å². The first-order valence-corrected chi connectivity index (χ1v) is 6.62. The van der Waals surface area contributed by atoms with Gasteiger partial charge in [-0.2, -0.15) is 5.10 Å². The molecule has 1 aliphatic heterocycles. The Labute approximate surface area is 108 Å². The van der Waals surface area contributed by atoms with E-state index >= 15 is 0 Å². The van der Waals surface area contributed by atoms with Crippen molar-refractivity contribution >= 4 is 0 Å². The van der Waals surface area contributed by atoms with Gasteiger partial charge in [-0.3, -0.25) is 0 Å². The second-order valence-corrected chi connectivity index (χ2v) is 4.98. The van der Waals surface area contributed by atoms with Crippen LogP contribution in [0, 0.1) is 13.8 Å². The summed E-state index contributed by atoms with van der Waals surface area (Å²) in [6, 6.07) is 10.8. The average molecular weight is 241 g/mol. The summed E-state index contributed by atoms with van der Waals surface area (Å²) >= 11 is 0. The Balaban J connectivity index is 2.05. The van der Waals surface area contributed by atoms with E-state index in [0.717, 1.165) is 17.9 Å². The summed E-state index contributed by atoms with van der Waals surface area (Å²) in [5.41, 5.74) is 4.94.